The molecule has 0 saturated heterocycles. The van der Waals surface area contributed by atoms with Crippen molar-refractivity contribution in [3.8, 4) is 17.4 Å². The zero-order chi connectivity index (χ0) is 21.2. The second kappa shape index (κ2) is 7.92. The Bertz CT molecular complexity index is 1360. The minimum atomic E-state index is -0.222. The molecule has 0 bridgehead atoms. The lowest BCUT2D eigenvalue weighted by atomic mass is 10.2. The summed E-state index contributed by atoms with van der Waals surface area (Å²) in [5.74, 6) is 2.20. The summed E-state index contributed by atoms with van der Waals surface area (Å²) in [5, 5.41) is 11.1. The number of aryl methyl sites for hydroxylation is 1. The first-order chi connectivity index (χ1) is 15.2. The molecule has 3 heterocycles. The quantitative estimate of drug-likeness (QED) is 0.449. The Hall–Kier alpha value is -4.18. The summed E-state index contributed by atoms with van der Waals surface area (Å²) in [6.45, 7) is 1.89. The van der Waals surface area contributed by atoms with E-state index in [9.17, 15) is 4.79 Å². The zero-order valence-corrected chi connectivity index (χ0v) is 17.1. The number of ether oxygens (including phenoxy) is 1. The maximum atomic E-state index is 12.5. The van der Waals surface area contributed by atoms with Gasteiger partial charge in [0.1, 0.15) is 22.6 Å². The Morgan fingerprint density at radius 3 is 2.58 bits per heavy atom. The van der Waals surface area contributed by atoms with E-state index < -0.39 is 0 Å². The topological polar surface area (TPSA) is 108 Å². The van der Waals surface area contributed by atoms with Crippen LogP contribution in [0, 0.1) is 6.92 Å². The van der Waals surface area contributed by atoms with Crippen LogP contribution in [0.5, 0.6) is 11.6 Å². The Kier molecular flexibility index (Phi) is 4.81. The van der Waals surface area contributed by atoms with E-state index in [-0.39, 0.29) is 5.91 Å². The lowest BCUT2D eigenvalue weighted by Gasteiger charge is -2.08. The molecule has 1 amide bonds. The summed E-state index contributed by atoms with van der Waals surface area (Å²) in [7, 11) is 0. The van der Waals surface area contributed by atoms with E-state index in [0.29, 0.717) is 34.2 Å². The monoisotopic (exact) mass is 429 g/mol. The minimum absolute atomic E-state index is 0.222. The van der Waals surface area contributed by atoms with Gasteiger partial charge < -0.3 is 10.1 Å². The molecule has 31 heavy (non-hydrogen) atoms. The molecule has 0 fully saturated rings. The van der Waals surface area contributed by atoms with E-state index in [1.54, 1.807) is 60.8 Å². The van der Waals surface area contributed by atoms with Crippen LogP contribution >= 0.6 is 11.7 Å². The zero-order valence-electron chi connectivity index (χ0n) is 16.3. The summed E-state index contributed by atoms with van der Waals surface area (Å²) in [6.07, 6.45) is 3.52. The minimum Gasteiger partial charge on any atom is -0.438 e. The van der Waals surface area contributed by atoms with E-state index in [4.69, 9.17) is 4.74 Å². The highest BCUT2D eigenvalue weighted by atomic mass is 32.1. The van der Waals surface area contributed by atoms with Gasteiger partial charge in [-0.15, -0.1) is 10.2 Å². The van der Waals surface area contributed by atoms with E-state index in [0.717, 1.165) is 23.1 Å². The van der Waals surface area contributed by atoms with E-state index in [1.165, 1.54) is 0 Å². The summed E-state index contributed by atoms with van der Waals surface area (Å²) in [5.41, 5.74) is 2.64. The smallest absolute Gasteiger partial charge is 0.255 e. The maximum Gasteiger partial charge on any atom is 0.255 e. The van der Waals surface area contributed by atoms with Gasteiger partial charge in [0.25, 0.3) is 5.91 Å². The number of carbonyl (C=O) groups is 1. The standard InChI is InChI=1S/C21H15N7O2S/c1-13-22-10-11-28(13)19-8-9-20(25-24-19)30-16-5-3-15(4-6-16)23-21(29)14-2-7-17-18(12-14)27-31-26-17/h2-12H,1H3,(H,23,29). The highest BCUT2D eigenvalue weighted by Gasteiger charge is 2.09. The van der Waals surface area contributed by atoms with Gasteiger partial charge in [0.15, 0.2) is 5.82 Å². The molecule has 3 aromatic heterocycles. The number of aromatic nitrogens is 6. The molecule has 10 heteroatoms. The van der Waals surface area contributed by atoms with Gasteiger partial charge in [-0.3, -0.25) is 9.36 Å². The molecule has 0 aliphatic carbocycles. The molecule has 0 radical (unpaired) electrons. The normalized spacial score (nSPS) is 10.9. The van der Waals surface area contributed by atoms with Crippen LogP contribution in [0.3, 0.4) is 0 Å². The molecule has 0 spiro atoms. The third kappa shape index (κ3) is 3.96. The average molecular weight is 429 g/mol. The molecular weight excluding hydrogens is 414 g/mol. The van der Waals surface area contributed by atoms with Crippen molar-refractivity contribution in [2.24, 2.45) is 0 Å². The van der Waals surface area contributed by atoms with Gasteiger partial charge in [-0.1, -0.05) is 0 Å². The van der Waals surface area contributed by atoms with Crippen molar-refractivity contribution in [1.29, 1.82) is 0 Å². The molecule has 5 aromatic rings. The van der Waals surface area contributed by atoms with Crippen molar-refractivity contribution in [3.63, 3.8) is 0 Å². The van der Waals surface area contributed by atoms with Crippen molar-refractivity contribution in [3.05, 3.63) is 78.4 Å². The fourth-order valence-corrected chi connectivity index (χ4v) is 3.49. The number of fused-ring (bicyclic) bond motifs is 1. The number of carbonyl (C=O) groups excluding carboxylic acids is 1. The Morgan fingerprint density at radius 2 is 1.84 bits per heavy atom. The molecule has 0 atom stereocenters. The van der Waals surface area contributed by atoms with Crippen LogP contribution in [0.4, 0.5) is 5.69 Å². The van der Waals surface area contributed by atoms with Gasteiger partial charge in [-0.25, -0.2) is 4.98 Å². The molecule has 1 N–H and O–H groups in total. The summed E-state index contributed by atoms with van der Waals surface area (Å²) in [4.78, 5) is 16.7. The van der Waals surface area contributed by atoms with Gasteiger partial charge >= 0.3 is 0 Å². The van der Waals surface area contributed by atoms with Gasteiger partial charge in [0.05, 0.1) is 11.7 Å². The summed E-state index contributed by atoms with van der Waals surface area (Å²) >= 11 is 1.12. The SMILES string of the molecule is Cc1nccn1-c1ccc(Oc2ccc(NC(=O)c3ccc4nsnc4c3)cc2)nn1. The van der Waals surface area contributed by atoms with Crippen molar-refractivity contribution < 1.29 is 9.53 Å². The van der Waals surface area contributed by atoms with E-state index in [2.05, 4.69) is 29.2 Å². The average Bonchev–Trinajstić information content (AvgIpc) is 3.44. The van der Waals surface area contributed by atoms with Crippen LogP contribution in [0.15, 0.2) is 67.0 Å². The molecule has 2 aromatic carbocycles. The highest BCUT2D eigenvalue weighted by molar-refractivity contribution is 7.00. The van der Waals surface area contributed by atoms with Crippen LogP contribution in [0.2, 0.25) is 0 Å². The predicted octanol–water partition coefficient (Wildman–Crippen LogP) is 4.02. The molecule has 0 aliphatic heterocycles. The largest absolute Gasteiger partial charge is 0.438 e. The van der Waals surface area contributed by atoms with Crippen LogP contribution in [0.1, 0.15) is 16.2 Å². The molecule has 0 aliphatic rings. The first kappa shape index (κ1) is 18.8. The molecule has 5 rings (SSSR count). The first-order valence-corrected chi connectivity index (χ1v) is 10.0. The number of nitrogens with zero attached hydrogens (tertiary/aromatic N) is 6. The molecule has 9 nitrogen and oxygen atoms in total. The molecule has 0 saturated carbocycles. The third-order valence-corrected chi connectivity index (χ3v) is 5.11. The van der Waals surface area contributed by atoms with E-state index in [1.807, 2.05) is 17.7 Å². The fourth-order valence-electron chi connectivity index (χ4n) is 2.97. The Morgan fingerprint density at radius 1 is 1.00 bits per heavy atom. The molecule has 0 unspecified atom stereocenters. The Labute approximate surface area is 180 Å². The number of hydrogen-bond acceptors (Lipinski definition) is 8. The number of rotatable bonds is 5. The van der Waals surface area contributed by atoms with Crippen LogP contribution < -0.4 is 10.1 Å². The van der Waals surface area contributed by atoms with Crippen molar-refractivity contribution >= 4 is 34.4 Å². The van der Waals surface area contributed by atoms with Gasteiger partial charge in [0.2, 0.25) is 5.88 Å². The van der Waals surface area contributed by atoms with Gasteiger partial charge in [-0.05, 0) is 55.5 Å². The third-order valence-electron chi connectivity index (χ3n) is 4.55. The second-order valence-corrected chi connectivity index (χ2v) is 7.15. The lowest BCUT2D eigenvalue weighted by Crippen LogP contribution is -2.11. The summed E-state index contributed by atoms with van der Waals surface area (Å²) in [6, 6.07) is 15.8. The van der Waals surface area contributed by atoms with Crippen molar-refractivity contribution in [2.45, 2.75) is 6.92 Å². The number of hydrogen-bond donors (Lipinski definition) is 1. The van der Waals surface area contributed by atoms with Crippen molar-refractivity contribution in [2.75, 3.05) is 5.32 Å². The van der Waals surface area contributed by atoms with Crippen LogP contribution in [0.25, 0.3) is 16.9 Å². The number of amides is 1. The number of nitrogens with one attached hydrogen (secondary N) is 1. The maximum absolute atomic E-state index is 12.5. The van der Waals surface area contributed by atoms with Gasteiger partial charge in [-0.2, -0.15) is 8.75 Å². The highest BCUT2D eigenvalue weighted by Crippen LogP contribution is 2.22. The van der Waals surface area contributed by atoms with Crippen LogP contribution in [-0.2, 0) is 0 Å². The second-order valence-electron chi connectivity index (χ2n) is 6.62. The fraction of sp³-hybridized carbons (Fsp3) is 0.0476. The van der Waals surface area contributed by atoms with Crippen LogP contribution in [-0.4, -0.2) is 34.4 Å². The Balaban J connectivity index is 1.24. The first-order valence-electron chi connectivity index (χ1n) is 9.31. The number of anilines is 1. The van der Waals surface area contributed by atoms with Crippen molar-refractivity contribution in [1.82, 2.24) is 28.5 Å². The number of imidazole rings is 1. The van der Waals surface area contributed by atoms with E-state index >= 15 is 0 Å². The number of benzene rings is 2. The lowest BCUT2D eigenvalue weighted by molar-refractivity contribution is 0.102. The summed E-state index contributed by atoms with van der Waals surface area (Å²) < 4.78 is 15.9. The van der Waals surface area contributed by atoms with Gasteiger partial charge in [0, 0.05) is 29.7 Å². The predicted molar refractivity (Wildman–Crippen MR) is 116 cm³/mol. The molecular formula is C21H15N7O2S. The molecule has 152 valence electrons.